The summed E-state index contributed by atoms with van der Waals surface area (Å²) in [6, 6.07) is 8.45. The van der Waals surface area contributed by atoms with Gasteiger partial charge in [-0.2, -0.15) is 0 Å². The Labute approximate surface area is 271 Å². The second kappa shape index (κ2) is 13.4. The molecule has 1 aromatic carbocycles. The molecule has 1 saturated heterocycles. The Bertz CT molecular complexity index is 1520. The van der Waals surface area contributed by atoms with Gasteiger partial charge in [0.25, 0.3) is 0 Å². The number of carboxylic acid groups (broad SMARTS) is 1. The Hall–Kier alpha value is -3.41. The maximum absolute atomic E-state index is 11.1. The van der Waals surface area contributed by atoms with Gasteiger partial charge in [0, 0.05) is 55.8 Å². The lowest BCUT2D eigenvalue weighted by atomic mass is 9.76. The predicted octanol–water partition coefficient (Wildman–Crippen LogP) is 5.74. The molecule has 11 heteroatoms. The molecule has 250 valence electrons. The summed E-state index contributed by atoms with van der Waals surface area (Å²) in [6.45, 7) is 11.1. The van der Waals surface area contributed by atoms with E-state index in [1.165, 1.54) is 0 Å². The number of nitrogens with one attached hydrogen (secondary N) is 1. The molecule has 2 aromatic heterocycles. The van der Waals surface area contributed by atoms with E-state index in [4.69, 9.17) is 29.0 Å². The zero-order valence-electron chi connectivity index (χ0n) is 27.9. The van der Waals surface area contributed by atoms with Gasteiger partial charge in [-0.15, -0.1) is 0 Å². The van der Waals surface area contributed by atoms with Crippen LogP contribution < -0.4 is 14.8 Å². The number of hydrogen-bond acceptors (Lipinski definition) is 9. The molecule has 1 aliphatic heterocycles. The zero-order chi connectivity index (χ0) is 32.6. The van der Waals surface area contributed by atoms with Crippen molar-refractivity contribution in [2.75, 3.05) is 32.6 Å². The molecule has 2 aliphatic carbocycles. The molecule has 11 nitrogen and oxygen atoms in total. The van der Waals surface area contributed by atoms with Gasteiger partial charge in [-0.3, -0.25) is 9.69 Å². The molecule has 3 fully saturated rings. The van der Waals surface area contributed by atoms with Gasteiger partial charge in [0.05, 0.1) is 31.8 Å². The minimum Gasteiger partial charge on any atom is -0.497 e. The number of fused-ring (bicyclic) bond motifs is 2. The summed E-state index contributed by atoms with van der Waals surface area (Å²) >= 11 is 0. The lowest BCUT2D eigenvalue weighted by Gasteiger charge is -2.45. The van der Waals surface area contributed by atoms with Crippen LogP contribution in [0.5, 0.6) is 11.5 Å². The third kappa shape index (κ3) is 6.82. The Morgan fingerprint density at radius 2 is 1.91 bits per heavy atom. The van der Waals surface area contributed by atoms with Crippen LogP contribution in [-0.4, -0.2) is 81.9 Å². The molecule has 4 atom stereocenters. The van der Waals surface area contributed by atoms with Gasteiger partial charge in [-0.1, -0.05) is 13.8 Å². The molecule has 0 amide bonds. The standard InChI is InChI=1S/C35H49N5O6/c1-21(2)18-39(25-13-22(14-25)7-10-30(41)42)19-24-15-28(32-31(24)45-35(3,4)46-32)40-12-11-27-33(37-20-38-34(27)40)36-17-23-8-9-26(43-5)16-29(23)44-6/h8-9,11-12,16,20-22,24-25,28,31-32H,7,10,13-15,17-19H2,1-6H3,(H,41,42)(H,36,37,38)/t22?,24-,25?,28-,31-,32+/m1/s1. The lowest BCUT2D eigenvalue weighted by molar-refractivity contribution is -0.161. The molecular formula is C35H49N5O6. The maximum Gasteiger partial charge on any atom is 0.303 e. The first-order chi connectivity index (χ1) is 22.0. The van der Waals surface area contributed by atoms with Crippen LogP contribution in [0.15, 0.2) is 36.8 Å². The highest BCUT2D eigenvalue weighted by Crippen LogP contribution is 2.49. The van der Waals surface area contributed by atoms with Gasteiger partial charge >= 0.3 is 5.97 Å². The summed E-state index contributed by atoms with van der Waals surface area (Å²) in [5.41, 5.74) is 1.87. The van der Waals surface area contributed by atoms with Crippen LogP contribution in [0.2, 0.25) is 0 Å². The third-order valence-electron chi connectivity index (χ3n) is 9.92. The van der Waals surface area contributed by atoms with Crippen LogP contribution in [0.1, 0.15) is 71.4 Å². The number of carboxylic acids is 1. The number of anilines is 1. The number of aliphatic carboxylic acids is 1. The van der Waals surface area contributed by atoms with Gasteiger partial charge in [-0.25, -0.2) is 9.97 Å². The summed E-state index contributed by atoms with van der Waals surface area (Å²) in [7, 11) is 3.30. The minimum absolute atomic E-state index is 0.0167. The van der Waals surface area contributed by atoms with E-state index in [0.29, 0.717) is 30.3 Å². The molecule has 2 saturated carbocycles. The Morgan fingerprint density at radius 1 is 1.13 bits per heavy atom. The molecular weight excluding hydrogens is 586 g/mol. The van der Waals surface area contributed by atoms with E-state index in [-0.39, 0.29) is 24.7 Å². The topological polar surface area (TPSA) is 120 Å². The van der Waals surface area contributed by atoms with Crippen LogP contribution in [-0.2, 0) is 20.8 Å². The number of benzene rings is 1. The van der Waals surface area contributed by atoms with E-state index in [1.54, 1.807) is 20.5 Å². The number of methoxy groups -OCH3 is 2. The molecule has 0 spiro atoms. The van der Waals surface area contributed by atoms with Crippen molar-refractivity contribution >= 4 is 22.8 Å². The first-order valence-corrected chi connectivity index (χ1v) is 16.6. The average Bonchev–Trinajstić information content (AvgIpc) is 3.65. The normalized spacial score (nSPS) is 26.8. The van der Waals surface area contributed by atoms with E-state index >= 15 is 0 Å². The monoisotopic (exact) mass is 635 g/mol. The summed E-state index contributed by atoms with van der Waals surface area (Å²) in [4.78, 5) is 23.1. The molecule has 3 aliphatic rings. The Morgan fingerprint density at radius 3 is 2.63 bits per heavy atom. The lowest BCUT2D eigenvalue weighted by Crippen LogP contribution is -2.49. The van der Waals surface area contributed by atoms with Crippen molar-refractivity contribution < 1.29 is 28.8 Å². The molecule has 0 radical (unpaired) electrons. The molecule has 2 N–H and O–H groups in total. The predicted molar refractivity (Wildman–Crippen MR) is 175 cm³/mol. The Balaban J connectivity index is 1.20. The quantitative estimate of drug-likeness (QED) is 0.227. The summed E-state index contributed by atoms with van der Waals surface area (Å²) in [5.74, 6) is 2.25. The van der Waals surface area contributed by atoms with Crippen LogP contribution >= 0.6 is 0 Å². The van der Waals surface area contributed by atoms with Crippen molar-refractivity contribution in [3.63, 3.8) is 0 Å². The number of hydrogen-bond donors (Lipinski definition) is 2. The van der Waals surface area contributed by atoms with Gasteiger partial charge in [0.2, 0.25) is 0 Å². The van der Waals surface area contributed by atoms with Crippen molar-refractivity contribution in [3.05, 3.63) is 42.4 Å². The maximum atomic E-state index is 11.1. The molecule has 3 heterocycles. The van der Waals surface area contributed by atoms with Gasteiger partial charge in [0.1, 0.15) is 35.4 Å². The summed E-state index contributed by atoms with van der Waals surface area (Å²) in [5, 5.41) is 13.6. The largest absolute Gasteiger partial charge is 0.497 e. The summed E-state index contributed by atoms with van der Waals surface area (Å²) in [6.07, 6.45) is 7.74. The minimum atomic E-state index is -0.699. The van der Waals surface area contributed by atoms with Crippen molar-refractivity contribution in [1.29, 1.82) is 0 Å². The van der Waals surface area contributed by atoms with E-state index in [2.05, 4.69) is 45.9 Å². The fourth-order valence-electron chi connectivity index (χ4n) is 7.77. The molecule has 3 aromatic rings. The highest BCUT2D eigenvalue weighted by Gasteiger charge is 2.55. The van der Waals surface area contributed by atoms with Crippen LogP contribution in [0.4, 0.5) is 5.82 Å². The second-order valence-corrected chi connectivity index (χ2v) is 14.1. The van der Waals surface area contributed by atoms with Crippen molar-refractivity contribution in [2.45, 2.75) is 96.4 Å². The average molecular weight is 636 g/mol. The van der Waals surface area contributed by atoms with Crippen molar-refractivity contribution in [1.82, 2.24) is 19.4 Å². The number of nitrogens with zero attached hydrogens (tertiary/aromatic N) is 4. The van der Waals surface area contributed by atoms with Crippen LogP contribution in [0, 0.1) is 17.8 Å². The van der Waals surface area contributed by atoms with E-state index in [1.807, 2.05) is 32.0 Å². The molecule has 0 unspecified atom stereocenters. The SMILES string of the molecule is COc1ccc(CNc2ncnc3c2ccn3[C@@H]2C[C@H](CN(CC(C)C)C3CC(CCC(=O)O)C3)[C@H]3OC(C)(C)O[C@H]32)c(OC)c1. The highest BCUT2D eigenvalue weighted by atomic mass is 16.8. The first kappa shape index (κ1) is 32.5. The van der Waals surface area contributed by atoms with Crippen LogP contribution in [0.25, 0.3) is 11.0 Å². The smallest absolute Gasteiger partial charge is 0.303 e. The van der Waals surface area contributed by atoms with E-state index < -0.39 is 11.8 Å². The second-order valence-electron chi connectivity index (χ2n) is 14.1. The fourth-order valence-corrected chi connectivity index (χ4v) is 7.77. The highest BCUT2D eigenvalue weighted by molar-refractivity contribution is 5.87. The molecule has 6 rings (SSSR count). The van der Waals surface area contributed by atoms with Gasteiger partial charge < -0.3 is 33.9 Å². The summed E-state index contributed by atoms with van der Waals surface area (Å²) < 4.78 is 26.4. The molecule has 46 heavy (non-hydrogen) atoms. The third-order valence-corrected chi connectivity index (χ3v) is 9.92. The van der Waals surface area contributed by atoms with Crippen molar-refractivity contribution in [3.8, 4) is 11.5 Å². The number of rotatable bonds is 14. The number of aromatic nitrogens is 3. The number of ether oxygens (including phenoxy) is 4. The zero-order valence-corrected chi connectivity index (χ0v) is 27.9. The fraction of sp³-hybridized carbons (Fsp3) is 0.629. The number of carbonyl (C=O) groups is 1. The van der Waals surface area contributed by atoms with Gasteiger partial charge in [0.15, 0.2) is 5.79 Å². The molecule has 0 bridgehead atoms. The van der Waals surface area contributed by atoms with Gasteiger partial charge in [-0.05, 0) is 69.6 Å². The van der Waals surface area contributed by atoms with Crippen molar-refractivity contribution in [2.24, 2.45) is 17.8 Å². The Kier molecular flexibility index (Phi) is 9.45. The van der Waals surface area contributed by atoms with Crippen LogP contribution in [0.3, 0.4) is 0 Å². The first-order valence-electron chi connectivity index (χ1n) is 16.6. The van der Waals surface area contributed by atoms with E-state index in [0.717, 1.165) is 72.7 Å². The van der Waals surface area contributed by atoms with E-state index in [9.17, 15) is 4.79 Å².